The molecule has 0 saturated heterocycles. The summed E-state index contributed by atoms with van der Waals surface area (Å²) in [5, 5.41) is 26.8. The third-order valence-corrected chi connectivity index (χ3v) is 1.92. The molecule has 0 amide bonds. The van der Waals surface area contributed by atoms with Gasteiger partial charge < -0.3 is 10.2 Å². The number of aromatic carboxylic acids is 1. The summed E-state index contributed by atoms with van der Waals surface area (Å²) in [6.07, 6.45) is 0. The summed E-state index contributed by atoms with van der Waals surface area (Å²) in [5.41, 5.74) is 0.192. The minimum absolute atomic E-state index is 0.0542. The second-order valence-corrected chi connectivity index (χ2v) is 2.81. The fraction of sp³-hybridized carbons (Fsp3) is 0.222. The van der Waals surface area contributed by atoms with Crippen molar-refractivity contribution in [1.82, 2.24) is 4.98 Å². The maximum Gasteiger partial charge on any atom is 0.337 e. The molecule has 0 fully saturated rings. The molecule has 14 heavy (non-hydrogen) atoms. The van der Waals surface area contributed by atoms with E-state index < -0.39 is 5.97 Å². The molecular weight excluding hydrogens is 184 g/mol. The largest absolute Gasteiger partial charge is 0.505 e. The van der Waals surface area contributed by atoms with Crippen molar-refractivity contribution < 1.29 is 15.0 Å². The molecule has 0 radical (unpaired) electrons. The van der Waals surface area contributed by atoms with Crippen molar-refractivity contribution in [2.45, 2.75) is 13.8 Å². The molecule has 0 atom stereocenters. The smallest absolute Gasteiger partial charge is 0.337 e. The molecule has 0 aromatic carbocycles. The van der Waals surface area contributed by atoms with E-state index >= 15 is 0 Å². The number of carboxylic acids is 1. The van der Waals surface area contributed by atoms with Gasteiger partial charge in [0.15, 0.2) is 11.4 Å². The monoisotopic (exact) mass is 192 g/mol. The predicted octanol–water partition coefficient (Wildman–Crippen LogP) is 0.974. The number of rotatable bonds is 1. The number of aromatic hydroxyl groups is 1. The van der Waals surface area contributed by atoms with Gasteiger partial charge in [-0.3, -0.25) is 0 Å². The van der Waals surface area contributed by atoms with Crippen LogP contribution in [0.4, 0.5) is 0 Å². The zero-order valence-electron chi connectivity index (χ0n) is 7.70. The number of nitriles is 1. The average Bonchev–Trinajstić information content (AvgIpc) is 2.10. The van der Waals surface area contributed by atoms with Crippen molar-refractivity contribution in [3.05, 3.63) is 22.5 Å². The minimum atomic E-state index is -1.16. The third kappa shape index (κ3) is 1.38. The molecule has 0 unspecified atom stereocenters. The summed E-state index contributed by atoms with van der Waals surface area (Å²) in [6, 6.07) is 1.69. The highest BCUT2D eigenvalue weighted by atomic mass is 16.4. The normalized spacial score (nSPS) is 9.50. The Labute approximate surface area is 80.3 Å². The van der Waals surface area contributed by atoms with Gasteiger partial charge in [0.25, 0.3) is 0 Å². The van der Waals surface area contributed by atoms with E-state index in [1.807, 2.05) is 0 Å². The topological polar surface area (TPSA) is 94.2 Å². The Balaban J connectivity index is 3.59. The zero-order valence-corrected chi connectivity index (χ0v) is 7.70. The number of hydrogen-bond donors (Lipinski definition) is 2. The maximum absolute atomic E-state index is 10.8. The van der Waals surface area contributed by atoms with E-state index in [1.54, 1.807) is 6.07 Å². The van der Waals surface area contributed by atoms with Gasteiger partial charge in [-0.15, -0.1) is 0 Å². The Bertz CT molecular complexity index is 446. The Morgan fingerprint density at radius 2 is 2.07 bits per heavy atom. The molecule has 0 saturated carbocycles. The van der Waals surface area contributed by atoms with Crippen molar-refractivity contribution in [3.8, 4) is 11.8 Å². The second-order valence-electron chi connectivity index (χ2n) is 2.81. The van der Waals surface area contributed by atoms with Crippen LogP contribution in [0.1, 0.15) is 27.3 Å². The predicted molar refractivity (Wildman–Crippen MR) is 47.1 cm³/mol. The lowest BCUT2D eigenvalue weighted by molar-refractivity contribution is 0.0694. The van der Waals surface area contributed by atoms with E-state index in [4.69, 9.17) is 10.4 Å². The molecule has 2 N–H and O–H groups in total. The fourth-order valence-corrected chi connectivity index (χ4v) is 1.24. The molecule has 0 aliphatic carbocycles. The van der Waals surface area contributed by atoms with E-state index in [0.717, 1.165) is 0 Å². The Morgan fingerprint density at radius 1 is 1.50 bits per heavy atom. The maximum atomic E-state index is 10.8. The molecule has 5 nitrogen and oxygen atoms in total. The van der Waals surface area contributed by atoms with Gasteiger partial charge in [-0.25, -0.2) is 9.78 Å². The average molecular weight is 192 g/mol. The molecule has 1 aromatic heterocycles. The van der Waals surface area contributed by atoms with Crippen LogP contribution in [0.15, 0.2) is 0 Å². The summed E-state index contributed by atoms with van der Waals surface area (Å²) in [4.78, 5) is 14.4. The lowest BCUT2D eigenvalue weighted by Crippen LogP contribution is -2.06. The summed E-state index contributed by atoms with van der Waals surface area (Å²) in [5.74, 6) is -1.53. The quantitative estimate of drug-likeness (QED) is 0.691. The van der Waals surface area contributed by atoms with Gasteiger partial charge in [-0.05, 0) is 13.8 Å². The van der Waals surface area contributed by atoms with Crippen LogP contribution in [0.3, 0.4) is 0 Å². The molecule has 0 aliphatic heterocycles. The number of carbonyl (C=O) groups is 1. The molecule has 1 heterocycles. The zero-order chi connectivity index (χ0) is 10.9. The van der Waals surface area contributed by atoms with Gasteiger partial charge in [0.05, 0.1) is 11.3 Å². The van der Waals surface area contributed by atoms with Crippen molar-refractivity contribution in [2.24, 2.45) is 0 Å². The number of pyridine rings is 1. The van der Waals surface area contributed by atoms with Gasteiger partial charge >= 0.3 is 5.97 Å². The van der Waals surface area contributed by atoms with Crippen LogP contribution in [0.25, 0.3) is 0 Å². The number of carboxylic acid groups (broad SMARTS) is 1. The van der Waals surface area contributed by atoms with E-state index in [2.05, 4.69) is 4.98 Å². The van der Waals surface area contributed by atoms with E-state index in [-0.39, 0.29) is 28.3 Å². The Morgan fingerprint density at radius 3 is 2.50 bits per heavy atom. The molecule has 72 valence electrons. The van der Waals surface area contributed by atoms with Crippen LogP contribution < -0.4 is 0 Å². The first-order valence-electron chi connectivity index (χ1n) is 3.82. The molecule has 0 bridgehead atoms. The van der Waals surface area contributed by atoms with Crippen LogP contribution in [0.2, 0.25) is 0 Å². The first kappa shape index (κ1) is 9.99. The molecule has 1 aromatic rings. The lowest BCUT2D eigenvalue weighted by atomic mass is 10.1. The van der Waals surface area contributed by atoms with Gasteiger partial charge in [-0.2, -0.15) is 5.26 Å². The van der Waals surface area contributed by atoms with Gasteiger partial charge in [0.1, 0.15) is 6.07 Å². The Kier molecular flexibility index (Phi) is 2.38. The van der Waals surface area contributed by atoms with Crippen LogP contribution in [-0.4, -0.2) is 21.2 Å². The van der Waals surface area contributed by atoms with Gasteiger partial charge in [-0.1, -0.05) is 0 Å². The van der Waals surface area contributed by atoms with Crippen molar-refractivity contribution in [2.75, 3.05) is 0 Å². The highest BCUT2D eigenvalue weighted by Gasteiger charge is 2.18. The van der Waals surface area contributed by atoms with Crippen LogP contribution in [0.5, 0.6) is 5.75 Å². The van der Waals surface area contributed by atoms with Crippen LogP contribution >= 0.6 is 0 Å². The SMILES string of the molecule is Cc1nc(C#N)c(O)c(C)c1C(=O)O. The first-order chi connectivity index (χ1) is 6.49. The van der Waals surface area contributed by atoms with Gasteiger partial charge in [0, 0.05) is 5.56 Å². The van der Waals surface area contributed by atoms with Crippen molar-refractivity contribution >= 4 is 5.97 Å². The van der Waals surface area contributed by atoms with Crippen LogP contribution in [-0.2, 0) is 0 Å². The second kappa shape index (κ2) is 3.34. The third-order valence-electron chi connectivity index (χ3n) is 1.92. The van der Waals surface area contributed by atoms with Crippen molar-refractivity contribution in [1.29, 1.82) is 5.26 Å². The minimum Gasteiger partial charge on any atom is -0.505 e. The lowest BCUT2D eigenvalue weighted by Gasteiger charge is -2.07. The summed E-state index contributed by atoms with van der Waals surface area (Å²) in [6.45, 7) is 2.92. The van der Waals surface area contributed by atoms with E-state index in [0.29, 0.717) is 0 Å². The molecule has 0 spiro atoms. The Hall–Kier alpha value is -2.09. The summed E-state index contributed by atoms with van der Waals surface area (Å²) in [7, 11) is 0. The standard InChI is InChI=1S/C9H8N2O3/c1-4-7(9(13)14)5(2)11-6(3-10)8(4)12/h12H,1-2H3,(H,13,14). The van der Waals surface area contributed by atoms with Gasteiger partial charge in [0.2, 0.25) is 0 Å². The molecular formula is C9H8N2O3. The van der Waals surface area contributed by atoms with Crippen LogP contribution in [0, 0.1) is 25.2 Å². The first-order valence-corrected chi connectivity index (χ1v) is 3.82. The van der Waals surface area contributed by atoms with E-state index in [1.165, 1.54) is 13.8 Å². The van der Waals surface area contributed by atoms with Crippen molar-refractivity contribution in [3.63, 3.8) is 0 Å². The van der Waals surface area contributed by atoms with E-state index in [9.17, 15) is 9.90 Å². The highest BCUT2D eigenvalue weighted by Crippen LogP contribution is 2.24. The number of hydrogen-bond acceptors (Lipinski definition) is 4. The number of nitrogens with zero attached hydrogens (tertiary/aromatic N) is 2. The number of aromatic nitrogens is 1. The summed E-state index contributed by atoms with van der Waals surface area (Å²) < 4.78 is 0. The molecule has 5 heteroatoms. The molecule has 0 aliphatic rings. The summed E-state index contributed by atoms with van der Waals surface area (Å²) >= 11 is 0. The number of aryl methyl sites for hydroxylation is 1. The molecule has 1 rings (SSSR count). The fourth-order valence-electron chi connectivity index (χ4n) is 1.24. The highest BCUT2D eigenvalue weighted by molar-refractivity contribution is 5.91.